The number of sulfonamides is 1. The minimum atomic E-state index is -3.88. The zero-order chi connectivity index (χ0) is 22.0. The number of benzene rings is 1. The Hall–Kier alpha value is -2.83. The Kier molecular flexibility index (Phi) is 6.03. The number of hydrazine groups is 1. The molecule has 1 atom stereocenters. The zero-order valence-corrected chi connectivity index (χ0v) is 17.9. The number of nitrogens with one attached hydrogen (secondary N) is 2. The van der Waals surface area contributed by atoms with E-state index in [1.54, 1.807) is 24.4 Å². The normalized spacial score (nSPS) is 16.5. The topological polar surface area (TPSA) is 142 Å². The second-order valence-electron chi connectivity index (χ2n) is 7.26. The molecule has 164 valence electrons. The van der Waals surface area contributed by atoms with Crippen LogP contribution in [0, 0.1) is 13.8 Å². The molecule has 4 N–H and O–H groups in total. The van der Waals surface area contributed by atoms with Crippen molar-refractivity contribution in [3.8, 4) is 22.5 Å². The van der Waals surface area contributed by atoms with E-state index in [1.165, 1.54) is 6.07 Å². The number of hydrogen-bond donors (Lipinski definition) is 3. The first-order valence-electron chi connectivity index (χ1n) is 9.64. The van der Waals surface area contributed by atoms with Gasteiger partial charge < -0.3 is 14.7 Å². The number of pyridine rings is 1. The van der Waals surface area contributed by atoms with E-state index in [0.29, 0.717) is 53.6 Å². The molecule has 2 aromatic heterocycles. The highest BCUT2D eigenvalue weighted by Gasteiger charge is 2.22. The maximum atomic E-state index is 12.7. The molecule has 3 heterocycles. The molecule has 1 aromatic carbocycles. The van der Waals surface area contributed by atoms with E-state index in [4.69, 9.17) is 19.9 Å². The summed E-state index contributed by atoms with van der Waals surface area (Å²) in [5.74, 6) is 6.50. The summed E-state index contributed by atoms with van der Waals surface area (Å²) in [5, 5.41) is 3.91. The van der Waals surface area contributed by atoms with E-state index in [2.05, 4.69) is 20.5 Å². The third-order valence-corrected chi connectivity index (χ3v) is 6.15. The number of aryl methyl sites for hydroxylation is 2. The van der Waals surface area contributed by atoms with Gasteiger partial charge in [0.25, 0.3) is 10.0 Å². The van der Waals surface area contributed by atoms with Crippen LogP contribution >= 0.6 is 0 Å². The lowest BCUT2D eigenvalue weighted by molar-refractivity contribution is 0.0113. The fraction of sp³-hybridized carbons (Fsp3) is 0.300. The molecule has 0 radical (unpaired) electrons. The Bertz CT molecular complexity index is 1190. The number of rotatable bonds is 7. The third-order valence-electron chi connectivity index (χ3n) is 4.96. The number of nitrogens with zero attached hydrogens (tertiary/aromatic N) is 2. The molecule has 31 heavy (non-hydrogen) atoms. The highest BCUT2D eigenvalue weighted by molar-refractivity contribution is 7.89. The summed E-state index contributed by atoms with van der Waals surface area (Å²) in [6.45, 7) is 4.61. The van der Waals surface area contributed by atoms with Crippen molar-refractivity contribution in [1.29, 1.82) is 0 Å². The molecule has 4 rings (SSSR count). The Balaban J connectivity index is 1.68. The lowest BCUT2D eigenvalue weighted by Crippen LogP contribution is -2.30. The largest absolute Gasteiger partial charge is 0.379 e. The van der Waals surface area contributed by atoms with E-state index >= 15 is 0 Å². The van der Waals surface area contributed by atoms with Crippen LogP contribution in [-0.2, 0) is 19.6 Å². The molecule has 0 aliphatic carbocycles. The molecule has 0 bridgehead atoms. The van der Waals surface area contributed by atoms with Crippen molar-refractivity contribution in [2.75, 3.05) is 18.6 Å². The van der Waals surface area contributed by atoms with E-state index in [-0.39, 0.29) is 11.0 Å². The molecule has 1 saturated heterocycles. The molecule has 1 aliphatic heterocycles. The summed E-state index contributed by atoms with van der Waals surface area (Å²) in [6.07, 6.45) is 1.95. The van der Waals surface area contributed by atoms with E-state index in [9.17, 15) is 8.42 Å². The molecular formula is C20H23N5O5S. The minimum absolute atomic E-state index is 0.0742. The first kappa shape index (κ1) is 21.4. The smallest absolute Gasteiger partial charge is 0.262 e. The van der Waals surface area contributed by atoms with Crippen molar-refractivity contribution in [2.24, 2.45) is 5.84 Å². The van der Waals surface area contributed by atoms with E-state index in [0.717, 1.165) is 5.56 Å². The molecule has 11 heteroatoms. The van der Waals surface area contributed by atoms with Crippen molar-refractivity contribution in [1.82, 2.24) is 15.0 Å². The van der Waals surface area contributed by atoms with Gasteiger partial charge in [-0.2, -0.15) is 0 Å². The van der Waals surface area contributed by atoms with Crippen molar-refractivity contribution in [2.45, 2.75) is 31.3 Å². The third kappa shape index (κ3) is 4.60. The van der Waals surface area contributed by atoms with Gasteiger partial charge in [-0.25, -0.2) is 19.2 Å². The molecule has 3 aromatic rings. The first-order valence-corrected chi connectivity index (χ1v) is 11.1. The molecule has 1 aliphatic rings. The van der Waals surface area contributed by atoms with Crippen LogP contribution in [0.5, 0.6) is 0 Å². The number of nitrogens with two attached hydrogens (primary N) is 1. The van der Waals surface area contributed by atoms with Crippen molar-refractivity contribution < 1.29 is 22.5 Å². The fourth-order valence-electron chi connectivity index (χ4n) is 3.27. The van der Waals surface area contributed by atoms with Gasteiger partial charge in [-0.05, 0) is 43.2 Å². The average Bonchev–Trinajstić information content (AvgIpc) is 3.44. The highest BCUT2D eigenvalue weighted by atomic mass is 32.2. The molecule has 0 saturated carbocycles. The van der Waals surface area contributed by atoms with Crippen molar-refractivity contribution in [3.63, 3.8) is 0 Å². The summed E-state index contributed by atoms with van der Waals surface area (Å²) in [5.41, 5.74) is 6.13. The van der Waals surface area contributed by atoms with Crippen LogP contribution in [0.1, 0.15) is 17.7 Å². The van der Waals surface area contributed by atoms with Gasteiger partial charge in [-0.15, -0.1) is 0 Å². The second kappa shape index (κ2) is 8.73. The number of anilines is 1. The second-order valence-corrected chi connectivity index (χ2v) is 8.91. The number of hydrogen-bond acceptors (Lipinski definition) is 9. The Morgan fingerprint density at radius 1 is 1.19 bits per heavy atom. The van der Waals surface area contributed by atoms with Crippen LogP contribution in [-0.4, -0.2) is 37.9 Å². The predicted octanol–water partition coefficient (Wildman–Crippen LogP) is 2.30. The van der Waals surface area contributed by atoms with Crippen LogP contribution in [0.4, 0.5) is 5.82 Å². The van der Waals surface area contributed by atoms with Gasteiger partial charge in [0, 0.05) is 30.9 Å². The Morgan fingerprint density at radius 2 is 2.03 bits per heavy atom. The van der Waals surface area contributed by atoms with Gasteiger partial charge >= 0.3 is 0 Å². The molecule has 1 unspecified atom stereocenters. The first-order chi connectivity index (χ1) is 14.9. The standard InChI is InChI=1S/C20H23N5O5S/c1-12-3-4-16(31(26,27)25-29-15-5-6-28-11-15)9-17(12)14-8-18(20(23-21)22-10-14)19-7-13(2)24-30-19/h3-4,7-10,15,25H,5-6,11,21H2,1-2H3,(H,22,23). The monoisotopic (exact) mass is 445 g/mol. The molecule has 10 nitrogen and oxygen atoms in total. The van der Waals surface area contributed by atoms with Crippen molar-refractivity contribution >= 4 is 15.8 Å². The van der Waals surface area contributed by atoms with E-state index in [1.807, 2.05) is 19.9 Å². The van der Waals surface area contributed by atoms with Crippen LogP contribution < -0.4 is 16.2 Å². The van der Waals surface area contributed by atoms with Crippen LogP contribution in [0.15, 0.2) is 45.9 Å². The predicted molar refractivity (Wildman–Crippen MR) is 113 cm³/mol. The Morgan fingerprint density at radius 3 is 2.71 bits per heavy atom. The van der Waals surface area contributed by atoms with Gasteiger partial charge in [-0.3, -0.25) is 4.84 Å². The summed E-state index contributed by atoms with van der Waals surface area (Å²) >= 11 is 0. The van der Waals surface area contributed by atoms with Gasteiger partial charge in [0.05, 0.1) is 22.8 Å². The maximum Gasteiger partial charge on any atom is 0.262 e. The van der Waals surface area contributed by atoms with Gasteiger partial charge in [-0.1, -0.05) is 16.1 Å². The highest BCUT2D eigenvalue weighted by Crippen LogP contribution is 2.33. The number of aromatic nitrogens is 2. The summed E-state index contributed by atoms with van der Waals surface area (Å²) in [4.78, 5) is 11.9. The number of nitrogen functional groups attached to an aromatic ring is 1. The molecular weight excluding hydrogens is 422 g/mol. The van der Waals surface area contributed by atoms with E-state index < -0.39 is 10.0 Å². The molecule has 0 amide bonds. The van der Waals surface area contributed by atoms with Gasteiger partial charge in [0.2, 0.25) is 0 Å². The Labute approximate surface area is 179 Å². The average molecular weight is 446 g/mol. The van der Waals surface area contributed by atoms with Crippen molar-refractivity contribution in [3.05, 3.63) is 47.8 Å². The summed E-state index contributed by atoms with van der Waals surface area (Å²) in [7, 11) is -3.88. The summed E-state index contributed by atoms with van der Waals surface area (Å²) in [6, 6.07) is 8.42. The quantitative estimate of drug-likeness (QED) is 0.369. The van der Waals surface area contributed by atoms with Crippen LogP contribution in [0.3, 0.4) is 0 Å². The molecule has 0 spiro atoms. The van der Waals surface area contributed by atoms with Crippen LogP contribution in [0.2, 0.25) is 0 Å². The SMILES string of the molecule is Cc1cc(-c2cc(-c3cc(S(=O)(=O)NOC4CCOC4)ccc3C)cnc2NN)on1. The lowest BCUT2D eigenvalue weighted by Gasteiger charge is -2.14. The summed E-state index contributed by atoms with van der Waals surface area (Å²) < 4.78 is 36.0. The minimum Gasteiger partial charge on any atom is -0.379 e. The fourth-order valence-corrected chi connectivity index (χ4v) is 4.15. The maximum absolute atomic E-state index is 12.7. The molecule has 1 fully saturated rings. The van der Waals surface area contributed by atoms with Gasteiger partial charge in [0.1, 0.15) is 6.10 Å². The lowest BCUT2D eigenvalue weighted by atomic mass is 10.00. The van der Waals surface area contributed by atoms with Gasteiger partial charge in [0.15, 0.2) is 11.6 Å². The number of ether oxygens (including phenoxy) is 1. The zero-order valence-electron chi connectivity index (χ0n) is 17.1. The van der Waals surface area contributed by atoms with Crippen LogP contribution in [0.25, 0.3) is 22.5 Å².